The Kier molecular flexibility index (Phi) is 4.01. The van der Waals surface area contributed by atoms with Crippen LogP contribution in [-0.4, -0.2) is 41.2 Å². The highest BCUT2D eigenvalue weighted by Gasteiger charge is 2.13. The molecule has 23 heavy (non-hydrogen) atoms. The number of methoxy groups -OCH3 is 2. The van der Waals surface area contributed by atoms with Crippen LogP contribution in [0, 0.1) is 0 Å². The lowest BCUT2D eigenvalue weighted by Crippen LogP contribution is -2.02. The zero-order chi connectivity index (χ0) is 16.2. The third-order valence-corrected chi connectivity index (χ3v) is 3.25. The van der Waals surface area contributed by atoms with Crippen LogP contribution in [0.15, 0.2) is 47.7 Å². The van der Waals surface area contributed by atoms with Crippen molar-refractivity contribution in [2.75, 3.05) is 14.2 Å². The summed E-state index contributed by atoms with van der Waals surface area (Å²) in [6.45, 7) is 0. The topological polar surface area (TPSA) is 78.1 Å². The molecule has 0 N–H and O–H groups in total. The number of hydrogen-bond donors (Lipinski definition) is 0. The SMILES string of the molecule is COC=Nc1cc(-c2ccn3nccc3n2)ccc1C(=O)OC. The average Bonchev–Trinajstić information content (AvgIpc) is 3.06. The first-order valence-electron chi connectivity index (χ1n) is 6.81. The zero-order valence-corrected chi connectivity index (χ0v) is 12.6. The summed E-state index contributed by atoms with van der Waals surface area (Å²) in [6, 6.07) is 8.88. The molecular formula is C16H14N4O3. The Balaban J connectivity index is 2.08. The first kappa shape index (κ1) is 14.7. The van der Waals surface area contributed by atoms with E-state index in [-0.39, 0.29) is 0 Å². The molecule has 7 heteroatoms. The summed E-state index contributed by atoms with van der Waals surface area (Å²) in [4.78, 5) is 20.5. The predicted molar refractivity (Wildman–Crippen MR) is 84.9 cm³/mol. The Hall–Kier alpha value is -3.22. The van der Waals surface area contributed by atoms with Gasteiger partial charge in [0.2, 0.25) is 0 Å². The quantitative estimate of drug-likeness (QED) is 0.420. The van der Waals surface area contributed by atoms with Crippen LogP contribution < -0.4 is 0 Å². The second kappa shape index (κ2) is 6.27. The molecule has 0 aliphatic rings. The highest BCUT2D eigenvalue weighted by molar-refractivity contribution is 5.96. The fraction of sp³-hybridized carbons (Fsp3) is 0.125. The molecule has 1 aromatic carbocycles. The van der Waals surface area contributed by atoms with E-state index >= 15 is 0 Å². The number of ether oxygens (including phenoxy) is 2. The Bertz CT molecular complexity index is 886. The standard InChI is InChI=1S/C16H14N4O3/c1-22-10-17-14-9-11(3-4-12(14)16(21)23-2)13-6-8-20-15(19-13)5-7-18-20/h3-10H,1-2H3. The molecule has 7 nitrogen and oxygen atoms in total. The molecule has 2 heterocycles. The minimum Gasteiger partial charge on any atom is -0.486 e. The Morgan fingerprint density at radius 3 is 2.91 bits per heavy atom. The third-order valence-electron chi connectivity index (χ3n) is 3.25. The van der Waals surface area contributed by atoms with E-state index in [2.05, 4.69) is 15.1 Å². The summed E-state index contributed by atoms with van der Waals surface area (Å²) in [6.07, 6.45) is 4.77. The summed E-state index contributed by atoms with van der Waals surface area (Å²) >= 11 is 0. The van der Waals surface area contributed by atoms with E-state index < -0.39 is 5.97 Å². The summed E-state index contributed by atoms with van der Waals surface area (Å²) in [5, 5.41) is 4.11. The molecule has 3 rings (SSSR count). The summed E-state index contributed by atoms with van der Waals surface area (Å²) in [7, 11) is 2.81. The second-order valence-corrected chi connectivity index (χ2v) is 4.64. The number of esters is 1. The monoisotopic (exact) mass is 310 g/mol. The van der Waals surface area contributed by atoms with Crippen molar-refractivity contribution in [1.82, 2.24) is 14.6 Å². The number of hydrogen-bond acceptors (Lipinski definition) is 6. The first-order chi connectivity index (χ1) is 11.2. The Labute approximate surface area is 132 Å². The molecule has 0 unspecified atom stereocenters. The van der Waals surface area contributed by atoms with Gasteiger partial charge >= 0.3 is 5.97 Å². The van der Waals surface area contributed by atoms with Crippen LogP contribution in [0.5, 0.6) is 0 Å². The van der Waals surface area contributed by atoms with Crippen LogP contribution in [0.4, 0.5) is 5.69 Å². The van der Waals surface area contributed by atoms with E-state index in [1.54, 1.807) is 28.9 Å². The van der Waals surface area contributed by atoms with E-state index in [0.29, 0.717) is 11.3 Å². The molecule has 0 saturated heterocycles. The van der Waals surface area contributed by atoms with Gasteiger partial charge in [0, 0.05) is 17.8 Å². The third kappa shape index (κ3) is 2.89. The van der Waals surface area contributed by atoms with E-state index in [0.717, 1.165) is 16.9 Å². The van der Waals surface area contributed by atoms with Crippen molar-refractivity contribution in [3.8, 4) is 11.3 Å². The van der Waals surface area contributed by atoms with Crippen molar-refractivity contribution in [2.45, 2.75) is 0 Å². The van der Waals surface area contributed by atoms with Gasteiger partial charge in [0.05, 0.1) is 37.4 Å². The van der Waals surface area contributed by atoms with Crippen molar-refractivity contribution in [3.63, 3.8) is 0 Å². The molecule has 0 spiro atoms. The smallest absolute Gasteiger partial charge is 0.340 e. The van der Waals surface area contributed by atoms with Gasteiger partial charge in [-0.25, -0.2) is 19.3 Å². The number of carbonyl (C=O) groups is 1. The van der Waals surface area contributed by atoms with E-state index in [1.165, 1.54) is 20.6 Å². The maximum absolute atomic E-state index is 11.8. The summed E-state index contributed by atoms with van der Waals surface area (Å²) in [5.74, 6) is -0.459. The maximum Gasteiger partial charge on any atom is 0.340 e. The van der Waals surface area contributed by atoms with E-state index in [9.17, 15) is 4.79 Å². The molecule has 0 aliphatic carbocycles. The molecule has 0 saturated carbocycles. The first-order valence-corrected chi connectivity index (χ1v) is 6.81. The molecular weight excluding hydrogens is 296 g/mol. The van der Waals surface area contributed by atoms with Crippen LogP contribution in [0.25, 0.3) is 16.9 Å². The Morgan fingerprint density at radius 2 is 2.13 bits per heavy atom. The van der Waals surface area contributed by atoms with Crippen molar-refractivity contribution >= 4 is 23.7 Å². The predicted octanol–water partition coefficient (Wildman–Crippen LogP) is 2.49. The number of nitrogens with zero attached hydrogens (tertiary/aromatic N) is 4. The van der Waals surface area contributed by atoms with Gasteiger partial charge in [0.15, 0.2) is 12.0 Å². The minimum atomic E-state index is -0.459. The summed E-state index contributed by atoms with van der Waals surface area (Å²) < 4.78 is 11.3. The van der Waals surface area contributed by atoms with Crippen LogP contribution in [0.1, 0.15) is 10.4 Å². The lowest BCUT2D eigenvalue weighted by Gasteiger charge is -2.07. The number of carbonyl (C=O) groups excluding carboxylic acids is 1. The fourth-order valence-electron chi connectivity index (χ4n) is 2.16. The fourth-order valence-corrected chi connectivity index (χ4v) is 2.16. The molecule has 0 atom stereocenters. The average molecular weight is 310 g/mol. The number of aromatic nitrogens is 3. The van der Waals surface area contributed by atoms with Crippen LogP contribution in [0.3, 0.4) is 0 Å². The highest BCUT2D eigenvalue weighted by atomic mass is 16.5. The number of fused-ring (bicyclic) bond motifs is 1. The molecule has 116 valence electrons. The van der Waals surface area contributed by atoms with E-state index in [4.69, 9.17) is 9.47 Å². The molecule has 0 aliphatic heterocycles. The molecule has 0 bridgehead atoms. The summed E-state index contributed by atoms with van der Waals surface area (Å²) in [5.41, 5.74) is 3.12. The van der Waals surface area contributed by atoms with Gasteiger partial charge in [-0.2, -0.15) is 5.10 Å². The highest BCUT2D eigenvalue weighted by Crippen LogP contribution is 2.27. The number of rotatable bonds is 4. The zero-order valence-electron chi connectivity index (χ0n) is 12.6. The van der Waals surface area contributed by atoms with Gasteiger partial charge in [-0.15, -0.1) is 0 Å². The molecule has 3 aromatic rings. The maximum atomic E-state index is 11.8. The van der Waals surface area contributed by atoms with Gasteiger partial charge in [-0.05, 0) is 18.2 Å². The van der Waals surface area contributed by atoms with Crippen molar-refractivity contribution in [2.24, 2.45) is 4.99 Å². The lowest BCUT2D eigenvalue weighted by molar-refractivity contribution is 0.0602. The number of aliphatic imine (C=N–C) groups is 1. The van der Waals surface area contributed by atoms with Crippen molar-refractivity contribution in [3.05, 3.63) is 48.3 Å². The van der Waals surface area contributed by atoms with Crippen molar-refractivity contribution < 1.29 is 14.3 Å². The Morgan fingerprint density at radius 1 is 1.26 bits per heavy atom. The second-order valence-electron chi connectivity index (χ2n) is 4.64. The molecule has 0 radical (unpaired) electrons. The molecule has 2 aromatic heterocycles. The normalized spacial score (nSPS) is 11.0. The van der Waals surface area contributed by atoms with Crippen molar-refractivity contribution in [1.29, 1.82) is 0 Å². The van der Waals surface area contributed by atoms with Crippen LogP contribution >= 0.6 is 0 Å². The largest absolute Gasteiger partial charge is 0.486 e. The van der Waals surface area contributed by atoms with E-state index in [1.807, 2.05) is 18.3 Å². The van der Waals surface area contributed by atoms with Gasteiger partial charge in [0.1, 0.15) is 0 Å². The van der Waals surface area contributed by atoms with Crippen LogP contribution in [-0.2, 0) is 9.47 Å². The molecule has 0 fully saturated rings. The lowest BCUT2D eigenvalue weighted by atomic mass is 10.1. The van der Waals surface area contributed by atoms with Gasteiger partial charge in [-0.3, -0.25) is 0 Å². The molecule has 0 amide bonds. The van der Waals surface area contributed by atoms with Gasteiger partial charge in [-0.1, -0.05) is 6.07 Å². The van der Waals surface area contributed by atoms with Gasteiger partial charge in [0.25, 0.3) is 0 Å². The minimum absolute atomic E-state index is 0.356. The number of benzene rings is 1. The van der Waals surface area contributed by atoms with Crippen LogP contribution in [0.2, 0.25) is 0 Å². The van der Waals surface area contributed by atoms with Gasteiger partial charge < -0.3 is 9.47 Å².